The summed E-state index contributed by atoms with van der Waals surface area (Å²) in [5, 5.41) is 8.90. The minimum atomic E-state index is -1.21. The van der Waals surface area contributed by atoms with Gasteiger partial charge in [-0.25, -0.2) is 18.6 Å². The summed E-state index contributed by atoms with van der Waals surface area (Å²) < 4.78 is 31.0. The number of hydrogen-bond donors (Lipinski definition) is 1. The summed E-state index contributed by atoms with van der Waals surface area (Å²) in [4.78, 5) is 14.3. The van der Waals surface area contributed by atoms with Crippen LogP contribution < -0.4 is 4.74 Å². The van der Waals surface area contributed by atoms with E-state index in [1.807, 2.05) is 0 Å². The predicted molar refractivity (Wildman–Crippen MR) is 57.6 cm³/mol. The van der Waals surface area contributed by atoms with Gasteiger partial charge in [0.15, 0.2) is 5.82 Å². The first kappa shape index (κ1) is 12.0. The maximum atomic E-state index is 13.3. The largest absolute Gasteiger partial charge is 0.478 e. The molecular formula is C12H7F2NO3. The molecular weight excluding hydrogens is 244 g/mol. The van der Waals surface area contributed by atoms with Gasteiger partial charge in [0.2, 0.25) is 0 Å². The van der Waals surface area contributed by atoms with Crippen molar-refractivity contribution in [1.29, 1.82) is 0 Å². The molecule has 1 aromatic carbocycles. The number of aromatic carboxylic acids is 1. The Bertz CT molecular complexity index is 602. The maximum Gasteiger partial charge on any atom is 0.339 e. The molecule has 0 saturated heterocycles. The molecule has 0 spiro atoms. The molecule has 0 radical (unpaired) electrons. The highest BCUT2D eigenvalue weighted by molar-refractivity contribution is 5.90. The number of halogens is 2. The molecule has 0 aliphatic carbocycles. The second-order valence-electron chi connectivity index (χ2n) is 3.34. The molecule has 2 aromatic rings. The van der Waals surface area contributed by atoms with Gasteiger partial charge in [-0.1, -0.05) is 12.1 Å². The number of carboxylic acids is 1. The molecule has 6 heteroatoms. The lowest BCUT2D eigenvalue weighted by molar-refractivity contribution is 0.0694. The van der Waals surface area contributed by atoms with E-state index in [1.165, 1.54) is 24.3 Å². The first-order valence-corrected chi connectivity index (χ1v) is 4.89. The fourth-order valence-electron chi connectivity index (χ4n) is 1.31. The monoisotopic (exact) mass is 251 g/mol. The van der Waals surface area contributed by atoms with Gasteiger partial charge in [0.05, 0.1) is 6.20 Å². The molecule has 1 aromatic heterocycles. The molecule has 1 N–H and O–H groups in total. The third-order valence-electron chi connectivity index (χ3n) is 2.10. The van der Waals surface area contributed by atoms with E-state index in [-0.39, 0.29) is 11.3 Å². The number of hydrogen-bond acceptors (Lipinski definition) is 3. The Hall–Kier alpha value is -2.50. The van der Waals surface area contributed by atoms with E-state index < -0.39 is 23.5 Å². The Labute approximate surface area is 100 Å². The first-order chi connectivity index (χ1) is 8.58. The first-order valence-electron chi connectivity index (χ1n) is 4.89. The lowest BCUT2D eigenvalue weighted by atomic mass is 10.2. The van der Waals surface area contributed by atoms with Crippen LogP contribution in [0, 0.1) is 11.6 Å². The second-order valence-corrected chi connectivity index (χ2v) is 3.34. The fraction of sp³-hybridized carbons (Fsp3) is 0. The summed E-state index contributed by atoms with van der Waals surface area (Å²) in [7, 11) is 0. The zero-order chi connectivity index (χ0) is 13.1. The van der Waals surface area contributed by atoms with Gasteiger partial charge in [0.25, 0.3) is 5.88 Å². The molecule has 0 fully saturated rings. The van der Waals surface area contributed by atoms with Gasteiger partial charge in [-0.05, 0) is 12.1 Å². The molecule has 18 heavy (non-hydrogen) atoms. The molecule has 4 nitrogen and oxygen atoms in total. The molecule has 0 aliphatic heterocycles. The van der Waals surface area contributed by atoms with Crippen LogP contribution in [0.1, 0.15) is 10.4 Å². The zero-order valence-electron chi connectivity index (χ0n) is 8.93. The summed E-state index contributed by atoms with van der Waals surface area (Å²) in [6.45, 7) is 0. The van der Waals surface area contributed by atoms with Crippen molar-refractivity contribution in [3.05, 3.63) is 53.7 Å². The highest BCUT2D eigenvalue weighted by Crippen LogP contribution is 2.25. The van der Waals surface area contributed by atoms with E-state index in [1.54, 1.807) is 0 Å². The molecule has 2 rings (SSSR count). The highest BCUT2D eigenvalue weighted by Gasteiger charge is 2.14. The summed E-state index contributed by atoms with van der Waals surface area (Å²) in [6, 6.07) is 6.30. The summed E-state index contributed by atoms with van der Waals surface area (Å²) >= 11 is 0. The van der Waals surface area contributed by atoms with Gasteiger partial charge in [-0.3, -0.25) is 0 Å². The predicted octanol–water partition coefficient (Wildman–Crippen LogP) is 2.85. The molecule has 0 saturated carbocycles. The number of benzene rings is 1. The van der Waals surface area contributed by atoms with Gasteiger partial charge >= 0.3 is 5.97 Å². The van der Waals surface area contributed by atoms with Crippen molar-refractivity contribution < 1.29 is 23.4 Å². The van der Waals surface area contributed by atoms with Crippen molar-refractivity contribution in [2.75, 3.05) is 0 Å². The minimum Gasteiger partial charge on any atom is -0.478 e. The Morgan fingerprint density at radius 1 is 1.28 bits per heavy atom. The third kappa shape index (κ3) is 2.42. The van der Waals surface area contributed by atoms with Crippen molar-refractivity contribution >= 4 is 5.97 Å². The van der Waals surface area contributed by atoms with Crippen molar-refractivity contribution in [3.8, 4) is 11.6 Å². The van der Waals surface area contributed by atoms with Gasteiger partial charge in [-0.15, -0.1) is 0 Å². The standard InChI is InChI=1S/C12H7F2NO3/c13-7-5-9(14)11(15-6-7)18-10-4-2-1-3-8(10)12(16)17/h1-6H,(H,16,17). The zero-order valence-corrected chi connectivity index (χ0v) is 8.93. The lowest BCUT2D eigenvalue weighted by Crippen LogP contribution is -2.01. The lowest BCUT2D eigenvalue weighted by Gasteiger charge is -2.07. The van der Waals surface area contributed by atoms with E-state index in [0.717, 1.165) is 6.20 Å². The summed E-state index contributed by atoms with van der Waals surface area (Å²) in [6.07, 6.45) is 0.780. The van der Waals surface area contributed by atoms with E-state index in [9.17, 15) is 13.6 Å². The Morgan fingerprint density at radius 3 is 2.67 bits per heavy atom. The molecule has 0 unspecified atom stereocenters. The number of aromatic nitrogens is 1. The summed E-state index contributed by atoms with van der Waals surface area (Å²) in [5.41, 5.74) is -0.136. The number of pyridine rings is 1. The number of ether oxygens (including phenoxy) is 1. The van der Waals surface area contributed by atoms with Crippen LogP contribution in [0.25, 0.3) is 0 Å². The second kappa shape index (κ2) is 4.79. The number of carboxylic acid groups (broad SMARTS) is 1. The number of para-hydroxylation sites is 1. The maximum absolute atomic E-state index is 13.3. The van der Waals surface area contributed by atoms with Gasteiger partial charge in [0, 0.05) is 6.07 Å². The highest BCUT2D eigenvalue weighted by atomic mass is 19.1. The van der Waals surface area contributed by atoms with Crippen LogP contribution in [0.2, 0.25) is 0 Å². The topological polar surface area (TPSA) is 59.4 Å². The molecule has 92 valence electrons. The average molecular weight is 251 g/mol. The Kier molecular flexibility index (Phi) is 3.18. The van der Waals surface area contributed by atoms with Gasteiger partial charge < -0.3 is 9.84 Å². The Morgan fingerprint density at radius 2 is 2.00 bits per heavy atom. The van der Waals surface area contributed by atoms with E-state index >= 15 is 0 Å². The molecule has 0 bridgehead atoms. The molecule has 1 heterocycles. The van der Waals surface area contributed by atoms with Crippen molar-refractivity contribution in [3.63, 3.8) is 0 Å². The molecule has 0 atom stereocenters. The SMILES string of the molecule is O=C(O)c1ccccc1Oc1ncc(F)cc1F. The van der Waals surface area contributed by atoms with E-state index in [0.29, 0.717) is 6.07 Å². The van der Waals surface area contributed by atoms with Gasteiger partial charge in [0.1, 0.15) is 17.1 Å². The normalized spacial score (nSPS) is 10.1. The number of nitrogens with zero attached hydrogens (tertiary/aromatic N) is 1. The van der Waals surface area contributed by atoms with Crippen LogP contribution in [0.3, 0.4) is 0 Å². The van der Waals surface area contributed by atoms with Crippen LogP contribution >= 0.6 is 0 Å². The number of carbonyl (C=O) groups is 1. The van der Waals surface area contributed by atoms with Gasteiger partial charge in [-0.2, -0.15) is 0 Å². The van der Waals surface area contributed by atoms with Crippen molar-refractivity contribution in [1.82, 2.24) is 4.98 Å². The quantitative estimate of drug-likeness (QED) is 0.911. The number of rotatable bonds is 3. The van der Waals surface area contributed by atoms with Crippen molar-refractivity contribution in [2.24, 2.45) is 0 Å². The average Bonchev–Trinajstić information content (AvgIpc) is 2.33. The third-order valence-corrected chi connectivity index (χ3v) is 2.10. The molecule has 0 aliphatic rings. The fourth-order valence-corrected chi connectivity index (χ4v) is 1.31. The van der Waals surface area contributed by atoms with Crippen LogP contribution in [0.4, 0.5) is 8.78 Å². The van der Waals surface area contributed by atoms with E-state index in [2.05, 4.69) is 4.98 Å². The van der Waals surface area contributed by atoms with Crippen LogP contribution in [0.5, 0.6) is 11.6 Å². The van der Waals surface area contributed by atoms with E-state index in [4.69, 9.17) is 9.84 Å². The van der Waals surface area contributed by atoms with Crippen molar-refractivity contribution in [2.45, 2.75) is 0 Å². The van der Waals surface area contributed by atoms with Crippen LogP contribution in [0.15, 0.2) is 36.5 Å². The smallest absolute Gasteiger partial charge is 0.339 e. The Balaban J connectivity index is 2.37. The summed E-state index contributed by atoms with van der Waals surface area (Å²) in [5.74, 6) is -3.61. The minimum absolute atomic E-state index is 0.0667. The van der Waals surface area contributed by atoms with Crippen LogP contribution in [-0.2, 0) is 0 Å². The van der Waals surface area contributed by atoms with Crippen LogP contribution in [-0.4, -0.2) is 16.1 Å². The molecule has 0 amide bonds.